The normalized spacial score (nSPS) is 11.4. The topological polar surface area (TPSA) is 89.7 Å². The number of hydrogen-bond acceptors (Lipinski definition) is 4. The van der Waals surface area contributed by atoms with Gasteiger partial charge in [0.1, 0.15) is 10.8 Å². The van der Waals surface area contributed by atoms with Gasteiger partial charge in [0, 0.05) is 24.5 Å². The van der Waals surface area contributed by atoms with E-state index in [2.05, 4.69) is 0 Å². The summed E-state index contributed by atoms with van der Waals surface area (Å²) in [7, 11) is 0. The molecular weight excluding hydrogens is 357 g/mol. The van der Waals surface area contributed by atoms with Gasteiger partial charge in [0.25, 0.3) is 0 Å². The molecule has 0 saturated carbocycles. The lowest BCUT2D eigenvalue weighted by Crippen LogP contribution is -2.00. The highest BCUT2D eigenvalue weighted by Gasteiger charge is 2.14. The second-order valence-corrected chi connectivity index (χ2v) is 5.84. The first-order chi connectivity index (χ1) is 11.4. The predicted molar refractivity (Wildman–Crippen MR) is 93.3 cm³/mol. The minimum atomic E-state index is -0.810. The summed E-state index contributed by atoms with van der Waals surface area (Å²) in [6, 6.07) is 3.23. The van der Waals surface area contributed by atoms with Crippen molar-refractivity contribution in [2.75, 3.05) is 6.61 Å². The van der Waals surface area contributed by atoms with Crippen molar-refractivity contribution in [3.05, 3.63) is 43.6 Å². The van der Waals surface area contributed by atoms with Gasteiger partial charge < -0.3 is 9.84 Å². The Balaban J connectivity index is 2.68. The monoisotopic (exact) mass is 375 g/mol. The summed E-state index contributed by atoms with van der Waals surface area (Å²) in [6.45, 7) is 2.08. The molecule has 6 nitrogen and oxygen atoms in total. The van der Waals surface area contributed by atoms with Gasteiger partial charge in [0.15, 0.2) is 0 Å². The molecule has 0 aliphatic carbocycles. The third-order valence-electron chi connectivity index (χ3n) is 3.29. The molecule has 1 aromatic rings. The summed E-state index contributed by atoms with van der Waals surface area (Å²) in [5, 5.41) is 19.8. The molecule has 132 valence electrons. The van der Waals surface area contributed by atoms with Crippen LogP contribution in [0, 0.1) is 10.1 Å². The molecule has 1 N–H and O–H groups in total. The van der Waals surface area contributed by atoms with Crippen molar-refractivity contribution in [2.24, 2.45) is 0 Å². The number of ether oxygens (including phenoxy) is 1. The van der Waals surface area contributed by atoms with E-state index in [4.69, 9.17) is 33.0 Å². The minimum absolute atomic E-state index is 0.0417. The van der Waals surface area contributed by atoms with E-state index in [0.29, 0.717) is 30.8 Å². The van der Waals surface area contributed by atoms with Gasteiger partial charge in [-0.2, -0.15) is 0 Å². The molecule has 0 heterocycles. The highest BCUT2D eigenvalue weighted by atomic mass is 35.5. The lowest BCUT2D eigenvalue weighted by Gasteiger charge is -2.10. The SMILES string of the molecule is CCC(=Cc1ccc(OCCCCCC(=O)O)c(Cl)c1Cl)[N+](=O)[O-]. The van der Waals surface area contributed by atoms with E-state index in [1.54, 1.807) is 19.1 Å². The van der Waals surface area contributed by atoms with Crippen molar-refractivity contribution in [3.63, 3.8) is 0 Å². The Kier molecular flexibility index (Phi) is 8.57. The summed E-state index contributed by atoms with van der Waals surface area (Å²) < 4.78 is 5.54. The number of hydrogen-bond donors (Lipinski definition) is 1. The van der Waals surface area contributed by atoms with E-state index in [-0.39, 0.29) is 28.6 Å². The van der Waals surface area contributed by atoms with Crippen LogP contribution in [0.2, 0.25) is 10.0 Å². The van der Waals surface area contributed by atoms with Crippen molar-refractivity contribution in [1.29, 1.82) is 0 Å². The Morgan fingerprint density at radius 1 is 1.29 bits per heavy atom. The van der Waals surface area contributed by atoms with Crippen LogP contribution in [0.25, 0.3) is 6.08 Å². The molecular formula is C16H19Cl2NO5. The second-order valence-electron chi connectivity index (χ2n) is 5.08. The fourth-order valence-electron chi connectivity index (χ4n) is 1.97. The Hall–Kier alpha value is -1.79. The zero-order valence-electron chi connectivity index (χ0n) is 13.3. The average Bonchev–Trinajstić information content (AvgIpc) is 2.53. The first-order valence-corrected chi connectivity index (χ1v) is 8.30. The highest BCUT2D eigenvalue weighted by molar-refractivity contribution is 6.43. The van der Waals surface area contributed by atoms with Gasteiger partial charge in [-0.15, -0.1) is 0 Å². The first kappa shape index (κ1) is 20.3. The fraction of sp³-hybridized carbons (Fsp3) is 0.438. The van der Waals surface area contributed by atoms with E-state index < -0.39 is 10.9 Å². The molecule has 24 heavy (non-hydrogen) atoms. The van der Waals surface area contributed by atoms with E-state index >= 15 is 0 Å². The lowest BCUT2D eigenvalue weighted by molar-refractivity contribution is -0.425. The fourth-order valence-corrected chi connectivity index (χ4v) is 2.41. The number of benzene rings is 1. The number of rotatable bonds is 10. The molecule has 0 saturated heterocycles. The van der Waals surface area contributed by atoms with Crippen LogP contribution in [-0.4, -0.2) is 22.6 Å². The Bertz CT molecular complexity index is 631. The zero-order chi connectivity index (χ0) is 18.1. The van der Waals surface area contributed by atoms with Gasteiger partial charge >= 0.3 is 5.97 Å². The maximum atomic E-state index is 10.9. The number of aliphatic carboxylic acids is 1. The van der Waals surface area contributed by atoms with E-state index in [1.165, 1.54) is 6.08 Å². The summed E-state index contributed by atoms with van der Waals surface area (Å²) in [5.74, 6) is -0.410. The number of unbranched alkanes of at least 4 members (excludes halogenated alkanes) is 2. The van der Waals surface area contributed by atoms with Gasteiger partial charge in [-0.05, 0) is 31.4 Å². The smallest absolute Gasteiger partial charge is 0.303 e. The quantitative estimate of drug-likeness (QED) is 0.351. The highest BCUT2D eigenvalue weighted by Crippen LogP contribution is 2.36. The lowest BCUT2D eigenvalue weighted by atomic mass is 10.1. The molecule has 0 unspecified atom stereocenters. The van der Waals surface area contributed by atoms with Crippen LogP contribution in [0.5, 0.6) is 5.75 Å². The molecule has 0 fully saturated rings. The number of allylic oxidation sites excluding steroid dienone is 1. The molecule has 0 aliphatic heterocycles. The third kappa shape index (κ3) is 6.37. The van der Waals surface area contributed by atoms with Crippen molar-refractivity contribution in [3.8, 4) is 5.75 Å². The molecule has 0 aromatic heterocycles. The van der Waals surface area contributed by atoms with Crippen LogP contribution in [0.3, 0.4) is 0 Å². The summed E-state index contributed by atoms with van der Waals surface area (Å²) >= 11 is 12.3. The summed E-state index contributed by atoms with van der Waals surface area (Å²) in [6.07, 6.45) is 3.84. The first-order valence-electron chi connectivity index (χ1n) is 7.54. The van der Waals surface area contributed by atoms with Gasteiger partial charge in [-0.25, -0.2) is 0 Å². The van der Waals surface area contributed by atoms with Gasteiger partial charge in [0.2, 0.25) is 5.70 Å². The molecule has 1 aromatic carbocycles. The third-order valence-corrected chi connectivity index (χ3v) is 4.17. The molecule has 1 rings (SSSR count). The van der Waals surface area contributed by atoms with Crippen LogP contribution in [0.15, 0.2) is 17.8 Å². The van der Waals surface area contributed by atoms with Crippen LogP contribution < -0.4 is 4.74 Å². The zero-order valence-corrected chi connectivity index (χ0v) is 14.8. The molecule has 0 atom stereocenters. The second kappa shape index (κ2) is 10.2. The van der Waals surface area contributed by atoms with E-state index in [0.717, 1.165) is 6.42 Å². The molecule has 0 aliphatic rings. The summed E-state index contributed by atoms with van der Waals surface area (Å²) in [5.41, 5.74) is 0.504. The van der Waals surface area contributed by atoms with Crippen LogP contribution >= 0.6 is 23.2 Å². The van der Waals surface area contributed by atoms with Gasteiger partial charge in [-0.1, -0.05) is 30.1 Å². The maximum Gasteiger partial charge on any atom is 0.303 e. The number of carboxylic acids is 1. The Morgan fingerprint density at radius 3 is 2.58 bits per heavy atom. The number of nitro groups is 1. The average molecular weight is 376 g/mol. The molecule has 8 heteroatoms. The van der Waals surface area contributed by atoms with Crippen LogP contribution in [-0.2, 0) is 4.79 Å². The predicted octanol–water partition coefficient (Wildman–Crippen LogP) is 5.04. The number of nitrogens with zero attached hydrogens (tertiary/aromatic N) is 1. The van der Waals surface area contributed by atoms with Crippen molar-refractivity contribution in [2.45, 2.75) is 39.0 Å². The Morgan fingerprint density at radius 2 is 2.00 bits per heavy atom. The molecule has 0 bridgehead atoms. The van der Waals surface area contributed by atoms with Crippen molar-refractivity contribution in [1.82, 2.24) is 0 Å². The van der Waals surface area contributed by atoms with Gasteiger partial charge in [-0.3, -0.25) is 14.9 Å². The van der Waals surface area contributed by atoms with Crippen molar-refractivity contribution < 1.29 is 19.6 Å². The van der Waals surface area contributed by atoms with E-state index in [9.17, 15) is 14.9 Å². The standard InChI is InChI=1S/C16H19Cl2NO5/c1-2-12(19(22)23)10-11-7-8-13(16(18)15(11)17)24-9-5-3-4-6-14(20)21/h7-8,10H,2-6,9H2,1H3,(H,20,21). The summed E-state index contributed by atoms with van der Waals surface area (Å²) in [4.78, 5) is 20.8. The molecule has 0 spiro atoms. The number of carboxylic acid groups (broad SMARTS) is 1. The molecule has 0 radical (unpaired) electrons. The maximum absolute atomic E-state index is 10.9. The van der Waals surface area contributed by atoms with Crippen molar-refractivity contribution >= 4 is 35.2 Å². The van der Waals surface area contributed by atoms with Gasteiger partial charge in [0.05, 0.1) is 16.6 Å². The number of halogens is 2. The largest absolute Gasteiger partial charge is 0.492 e. The number of carbonyl (C=O) groups is 1. The van der Waals surface area contributed by atoms with Crippen LogP contribution in [0.4, 0.5) is 0 Å². The van der Waals surface area contributed by atoms with E-state index in [1.807, 2.05) is 0 Å². The Labute approximate surface area is 150 Å². The van der Waals surface area contributed by atoms with Crippen LogP contribution in [0.1, 0.15) is 44.6 Å². The minimum Gasteiger partial charge on any atom is -0.492 e. The molecule has 0 amide bonds.